The number of hydrogen-bond donors (Lipinski definition) is 0. The van der Waals surface area contributed by atoms with Gasteiger partial charge in [0.1, 0.15) is 10.5 Å². The molecule has 0 aromatic heterocycles. The number of aryl methyl sites for hydroxylation is 2. The maximum Gasteiger partial charge on any atom is 0.342 e. The number of rotatable bonds is 6. The van der Waals surface area contributed by atoms with Crippen molar-refractivity contribution in [3.05, 3.63) is 59.2 Å². The smallest absolute Gasteiger partial charge is 0.342 e. The zero-order valence-electron chi connectivity index (χ0n) is 17.7. The number of amides is 1. The fourth-order valence-electron chi connectivity index (χ4n) is 3.19. The molecule has 0 N–H and O–H groups in total. The Bertz CT molecular complexity index is 1080. The van der Waals surface area contributed by atoms with Gasteiger partial charge in [0.15, 0.2) is 12.4 Å². The molecule has 9 heteroatoms. The van der Waals surface area contributed by atoms with Gasteiger partial charge in [0, 0.05) is 13.1 Å². The molecule has 8 nitrogen and oxygen atoms in total. The molecule has 1 heterocycles. The van der Waals surface area contributed by atoms with E-state index in [4.69, 9.17) is 13.7 Å². The van der Waals surface area contributed by atoms with E-state index in [2.05, 4.69) is 0 Å². The zero-order chi connectivity index (χ0) is 22.6. The lowest BCUT2D eigenvalue weighted by molar-refractivity contribution is -0.141. The van der Waals surface area contributed by atoms with E-state index in [0.29, 0.717) is 25.3 Å². The minimum Gasteiger partial charge on any atom is -0.452 e. The van der Waals surface area contributed by atoms with Crippen molar-refractivity contribution in [3.8, 4) is 5.75 Å². The highest BCUT2D eigenvalue weighted by Gasteiger charge is 2.25. The van der Waals surface area contributed by atoms with Crippen LogP contribution in [0.4, 0.5) is 0 Å². The number of esters is 1. The first-order chi connectivity index (χ1) is 14.7. The molecule has 1 aliphatic rings. The van der Waals surface area contributed by atoms with E-state index in [1.54, 1.807) is 43.0 Å². The van der Waals surface area contributed by atoms with E-state index >= 15 is 0 Å². The summed E-state index contributed by atoms with van der Waals surface area (Å²) in [6, 6.07) is 10.8. The van der Waals surface area contributed by atoms with Crippen LogP contribution in [-0.4, -0.2) is 57.6 Å². The minimum atomic E-state index is -4.17. The van der Waals surface area contributed by atoms with Gasteiger partial charge in [-0.2, -0.15) is 8.42 Å². The lowest BCUT2D eigenvalue weighted by atomic mass is 10.2. The summed E-state index contributed by atoms with van der Waals surface area (Å²) in [6.45, 7) is 6.11. The van der Waals surface area contributed by atoms with Crippen molar-refractivity contribution in [1.82, 2.24) is 4.90 Å². The molecular weight excluding hydrogens is 422 g/mol. The lowest BCUT2D eigenvalue weighted by Crippen LogP contribution is -2.46. The van der Waals surface area contributed by atoms with Crippen LogP contribution in [0.25, 0.3) is 0 Å². The number of nitrogens with zero attached hydrogens (tertiary/aromatic N) is 1. The van der Waals surface area contributed by atoms with Gasteiger partial charge in [0.2, 0.25) is 0 Å². The normalized spacial score (nSPS) is 16.6. The molecule has 0 aliphatic carbocycles. The maximum atomic E-state index is 12.8. The average Bonchev–Trinajstić information content (AvgIpc) is 2.73. The van der Waals surface area contributed by atoms with Gasteiger partial charge in [0.05, 0.1) is 12.7 Å². The Morgan fingerprint density at radius 2 is 1.90 bits per heavy atom. The number of morpholine rings is 1. The Hall–Kier alpha value is -2.91. The Labute approximate surface area is 181 Å². The fraction of sp³-hybridized carbons (Fsp3) is 0.364. The molecule has 2 aromatic carbocycles. The summed E-state index contributed by atoms with van der Waals surface area (Å²) in [7, 11) is -4.17. The molecule has 1 amide bonds. The van der Waals surface area contributed by atoms with E-state index < -0.39 is 22.7 Å². The number of para-hydroxylation sites is 1. The molecule has 0 bridgehead atoms. The summed E-state index contributed by atoms with van der Waals surface area (Å²) >= 11 is 0. The highest BCUT2D eigenvalue weighted by molar-refractivity contribution is 7.87. The Kier molecular flexibility index (Phi) is 6.97. The van der Waals surface area contributed by atoms with Crippen LogP contribution in [0.3, 0.4) is 0 Å². The number of hydrogen-bond acceptors (Lipinski definition) is 7. The summed E-state index contributed by atoms with van der Waals surface area (Å²) in [4.78, 5) is 26.5. The first-order valence-electron chi connectivity index (χ1n) is 9.84. The van der Waals surface area contributed by atoms with Crippen molar-refractivity contribution < 1.29 is 31.7 Å². The fourth-order valence-corrected chi connectivity index (χ4v) is 4.45. The SMILES string of the molecule is Cc1ccc(C)c(S(=O)(=O)Oc2ccccc2C(=O)OCC(=O)N2CCOC(C)C2)c1. The van der Waals surface area contributed by atoms with Crippen LogP contribution >= 0.6 is 0 Å². The molecule has 0 saturated carbocycles. The first kappa shape index (κ1) is 22.8. The highest BCUT2D eigenvalue weighted by atomic mass is 32.2. The molecule has 31 heavy (non-hydrogen) atoms. The van der Waals surface area contributed by atoms with Crippen molar-refractivity contribution in [2.24, 2.45) is 0 Å². The van der Waals surface area contributed by atoms with Crippen LogP contribution < -0.4 is 4.18 Å². The second-order valence-electron chi connectivity index (χ2n) is 7.40. The molecule has 0 spiro atoms. The van der Waals surface area contributed by atoms with E-state index in [1.807, 2.05) is 6.92 Å². The van der Waals surface area contributed by atoms with Crippen LogP contribution in [-0.2, 0) is 24.4 Å². The zero-order valence-corrected chi connectivity index (χ0v) is 18.5. The van der Waals surface area contributed by atoms with Gasteiger partial charge in [-0.1, -0.05) is 24.3 Å². The molecule has 2 aromatic rings. The number of carbonyl (C=O) groups excluding carboxylic acids is 2. The van der Waals surface area contributed by atoms with Crippen LogP contribution in [0.1, 0.15) is 28.4 Å². The van der Waals surface area contributed by atoms with Crippen molar-refractivity contribution in [2.75, 3.05) is 26.3 Å². The molecule has 1 unspecified atom stereocenters. The molecule has 1 aliphatic heterocycles. The molecule has 1 fully saturated rings. The van der Waals surface area contributed by atoms with Crippen LogP contribution in [0.2, 0.25) is 0 Å². The van der Waals surface area contributed by atoms with Crippen LogP contribution in [0.15, 0.2) is 47.4 Å². The predicted molar refractivity (Wildman–Crippen MR) is 112 cm³/mol. The standard InChI is InChI=1S/C22H25NO7S/c1-15-8-9-16(2)20(12-15)31(26,27)30-19-7-5-4-6-18(19)22(25)29-14-21(24)23-10-11-28-17(3)13-23/h4-9,12,17H,10-11,13-14H2,1-3H3. The maximum absolute atomic E-state index is 12.8. The number of carbonyl (C=O) groups is 2. The van der Waals surface area contributed by atoms with Gasteiger partial charge in [-0.3, -0.25) is 4.79 Å². The molecular formula is C22H25NO7S. The third-order valence-corrected chi connectivity index (χ3v) is 6.22. The van der Waals surface area contributed by atoms with Crippen molar-refractivity contribution in [1.29, 1.82) is 0 Å². The summed E-state index contributed by atoms with van der Waals surface area (Å²) < 4.78 is 41.4. The Morgan fingerprint density at radius 3 is 2.65 bits per heavy atom. The van der Waals surface area contributed by atoms with Crippen molar-refractivity contribution in [2.45, 2.75) is 31.8 Å². The van der Waals surface area contributed by atoms with E-state index in [9.17, 15) is 18.0 Å². The van der Waals surface area contributed by atoms with Gasteiger partial charge >= 0.3 is 16.1 Å². The Balaban J connectivity index is 1.73. The summed E-state index contributed by atoms with van der Waals surface area (Å²) in [5.41, 5.74) is 1.20. The second-order valence-corrected chi connectivity index (χ2v) is 8.91. The molecule has 3 rings (SSSR count). The lowest BCUT2D eigenvalue weighted by Gasteiger charge is -2.30. The summed E-state index contributed by atoms with van der Waals surface area (Å²) in [5.74, 6) is -1.35. The number of ether oxygens (including phenoxy) is 2. The van der Waals surface area contributed by atoms with E-state index in [1.165, 1.54) is 18.2 Å². The van der Waals surface area contributed by atoms with Gasteiger partial charge in [-0.25, -0.2) is 4.79 Å². The predicted octanol–water partition coefficient (Wildman–Crippen LogP) is 2.48. The van der Waals surface area contributed by atoms with E-state index in [-0.39, 0.29) is 28.2 Å². The number of benzene rings is 2. The molecule has 1 atom stereocenters. The van der Waals surface area contributed by atoms with E-state index in [0.717, 1.165) is 5.56 Å². The van der Waals surface area contributed by atoms with Gasteiger partial charge in [-0.05, 0) is 50.1 Å². The molecule has 166 valence electrons. The monoisotopic (exact) mass is 447 g/mol. The third-order valence-electron chi connectivity index (χ3n) is 4.84. The third kappa shape index (κ3) is 5.62. The second kappa shape index (κ2) is 9.49. The van der Waals surface area contributed by atoms with Crippen molar-refractivity contribution in [3.63, 3.8) is 0 Å². The van der Waals surface area contributed by atoms with Crippen molar-refractivity contribution >= 4 is 22.0 Å². The minimum absolute atomic E-state index is 0.0206. The van der Waals surface area contributed by atoms with Gasteiger partial charge in [-0.15, -0.1) is 0 Å². The van der Waals surface area contributed by atoms with Crippen LogP contribution in [0.5, 0.6) is 5.75 Å². The topological polar surface area (TPSA) is 99.2 Å². The Morgan fingerprint density at radius 1 is 1.16 bits per heavy atom. The van der Waals surface area contributed by atoms with Crippen LogP contribution in [0, 0.1) is 13.8 Å². The first-order valence-corrected chi connectivity index (χ1v) is 11.3. The van der Waals surface area contributed by atoms with Gasteiger partial charge < -0.3 is 18.6 Å². The molecule has 0 radical (unpaired) electrons. The quantitative estimate of drug-likeness (QED) is 0.495. The summed E-state index contributed by atoms with van der Waals surface area (Å²) in [5, 5.41) is 0. The average molecular weight is 448 g/mol. The van der Waals surface area contributed by atoms with Gasteiger partial charge in [0.25, 0.3) is 5.91 Å². The molecule has 1 saturated heterocycles. The summed E-state index contributed by atoms with van der Waals surface area (Å²) in [6.07, 6.45) is -0.0854. The highest BCUT2D eigenvalue weighted by Crippen LogP contribution is 2.26. The largest absolute Gasteiger partial charge is 0.452 e.